The molecular formula is C18H16Br3ClN2O3. The van der Waals surface area contributed by atoms with Crippen LogP contribution in [0.25, 0.3) is 0 Å². The van der Waals surface area contributed by atoms with Crippen molar-refractivity contribution < 1.29 is 14.4 Å². The minimum atomic E-state index is -0.406. The fraction of sp³-hybridized carbons (Fsp3) is 0.500. The Kier molecular flexibility index (Phi) is 5.23. The van der Waals surface area contributed by atoms with Crippen LogP contribution in [0.1, 0.15) is 12.0 Å². The number of carbonyl (C=O) groups excluding carboxylic acids is 3. The average molecular weight is 584 g/mol. The smallest absolute Gasteiger partial charge is 0.244 e. The summed E-state index contributed by atoms with van der Waals surface area (Å²) < 4.78 is 0.738. The molecule has 6 atom stereocenters. The van der Waals surface area contributed by atoms with E-state index in [0.29, 0.717) is 10.7 Å². The molecule has 0 radical (unpaired) electrons. The second-order valence-electron chi connectivity index (χ2n) is 7.35. The van der Waals surface area contributed by atoms with Gasteiger partial charge in [-0.1, -0.05) is 43.5 Å². The Bertz CT molecular complexity index is 832. The molecule has 2 saturated carbocycles. The van der Waals surface area contributed by atoms with Gasteiger partial charge in [-0.2, -0.15) is 0 Å². The van der Waals surface area contributed by atoms with Crippen LogP contribution in [-0.2, 0) is 14.4 Å². The van der Waals surface area contributed by atoms with E-state index >= 15 is 0 Å². The molecule has 1 aromatic rings. The second-order valence-corrected chi connectivity index (χ2v) is 10.7. The van der Waals surface area contributed by atoms with E-state index in [9.17, 15) is 14.4 Å². The Hall–Kier alpha value is -0.440. The van der Waals surface area contributed by atoms with Gasteiger partial charge < -0.3 is 5.32 Å². The van der Waals surface area contributed by atoms with Gasteiger partial charge in [0.2, 0.25) is 17.7 Å². The highest BCUT2D eigenvalue weighted by Crippen LogP contribution is 2.60. The maximum atomic E-state index is 12.9. The summed E-state index contributed by atoms with van der Waals surface area (Å²) in [5.41, 5.74) is 1.28. The number of nitrogens with zero attached hydrogens (tertiary/aromatic N) is 1. The quantitative estimate of drug-likeness (QED) is 0.430. The standard InChI is InChI=1S/C18H16Br3ClN2O3/c1-6-10(3-2-9(19)16(6)22)23-11(25)5-24-17(26)12-7-4-8(13(12)18(24)27)15(21)14(7)20/h2-3,7-8,12-15H,4-5H2,1H3,(H,23,25)/t7-,8-,12-,13-,14+,15+/m1/s1. The molecule has 0 spiro atoms. The molecule has 2 aliphatic carbocycles. The summed E-state index contributed by atoms with van der Waals surface area (Å²) in [6.07, 6.45) is 0.870. The van der Waals surface area contributed by atoms with E-state index < -0.39 is 5.91 Å². The molecule has 3 amide bonds. The predicted octanol–water partition coefficient (Wildman–Crippen LogP) is 4.13. The number of halogens is 4. The van der Waals surface area contributed by atoms with Gasteiger partial charge in [-0.05, 0) is 58.8 Å². The number of likely N-dealkylation sites (tertiary alicyclic amines) is 1. The number of hydrogen-bond acceptors (Lipinski definition) is 3. The molecule has 1 N–H and O–H groups in total. The van der Waals surface area contributed by atoms with E-state index in [1.807, 2.05) is 0 Å². The number of nitrogens with one attached hydrogen (secondary N) is 1. The molecule has 5 nitrogen and oxygen atoms in total. The van der Waals surface area contributed by atoms with Crippen LogP contribution in [0.2, 0.25) is 5.02 Å². The van der Waals surface area contributed by atoms with Gasteiger partial charge in [0.1, 0.15) is 6.54 Å². The largest absolute Gasteiger partial charge is 0.324 e. The summed E-state index contributed by atoms with van der Waals surface area (Å²) >= 11 is 16.8. The van der Waals surface area contributed by atoms with Crippen LogP contribution in [0.15, 0.2) is 16.6 Å². The molecule has 1 aromatic carbocycles. The number of carbonyl (C=O) groups is 3. The second kappa shape index (κ2) is 7.11. The van der Waals surface area contributed by atoms with Crippen LogP contribution in [0.4, 0.5) is 5.69 Å². The van der Waals surface area contributed by atoms with Crippen molar-refractivity contribution in [1.82, 2.24) is 4.90 Å². The SMILES string of the molecule is Cc1c(NC(=O)CN2C(=O)[C@@H]3[C@H]4C[C@@H]([C@H](Br)[C@H]4Br)[C@H]3C2=O)ccc(Br)c1Cl. The fourth-order valence-electron chi connectivity index (χ4n) is 4.69. The Morgan fingerprint density at radius 1 is 1.19 bits per heavy atom. The molecule has 0 unspecified atom stereocenters. The van der Waals surface area contributed by atoms with Crippen molar-refractivity contribution in [2.24, 2.45) is 23.7 Å². The van der Waals surface area contributed by atoms with Gasteiger partial charge in [-0.25, -0.2) is 0 Å². The van der Waals surface area contributed by atoms with Gasteiger partial charge >= 0.3 is 0 Å². The zero-order chi connectivity index (χ0) is 19.6. The minimum absolute atomic E-state index is 0.140. The first-order valence-corrected chi connectivity index (χ1v) is 11.6. The third kappa shape index (κ3) is 3.02. The van der Waals surface area contributed by atoms with E-state index in [2.05, 4.69) is 53.1 Å². The summed E-state index contributed by atoms with van der Waals surface area (Å²) in [6.45, 7) is 1.53. The lowest BCUT2D eigenvalue weighted by Gasteiger charge is -2.28. The van der Waals surface area contributed by atoms with Crippen molar-refractivity contribution in [3.8, 4) is 0 Å². The molecule has 1 saturated heterocycles. The highest BCUT2D eigenvalue weighted by atomic mass is 79.9. The first kappa shape index (κ1) is 19.9. The molecule has 4 rings (SSSR count). The molecule has 3 fully saturated rings. The number of hydrogen-bond donors (Lipinski definition) is 1. The molecule has 0 aromatic heterocycles. The Labute approximate surface area is 186 Å². The third-order valence-corrected chi connectivity index (χ3v) is 10.6. The number of rotatable bonds is 3. The molecule has 1 aliphatic heterocycles. The Morgan fingerprint density at radius 3 is 2.30 bits per heavy atom. The van der Waals surface area contributed by atoms with Crippen molar-refractivity contribution in [3.05, 3.63) is 27.2 Å². The molecule has 144 valence electrons. The van der Waals surface area contributed by atoms with Crippen molar-refractivity contribution in [2.45, 2.75) is 23.0 Å². The Balaban J connectivity index is 1.49. The van der Waals surface area contributed by atoms with Crippen molar-refractivity contribution in [3.63, 3.8) is 0 Å². The summed E-state index contributed by atoms with van der Waals surface area (Å²) in [5.74, 6) is -1.18. The van der Waals surface area contributed by atoms with Gasteiger partial charge in [-0.15, -0.1) is 0 Å². The highest BCUT2D eigenvalue weighted by molar-refractivity contribution is 9.12. The lowest BCUT2D eigenvalue weighted by molar-refractivity contribution is -0.143. The molecule has 9 heteroatoms. The number of imide groups is 1. The van der Waals surface area contributed by atoms with Crippen LogP contribution in [0, 0.1) is 30.6 Å². The lowest BCUT2D eigenvalue weighted by Crippen LogP contribution is -2.39. The molecule has 2 bridgehead atoms. The maximum Gasteiger partial charge on any atom is 0.244 e. The van der Waals surface area contributed by atoms with Crippen LogP contribution < -0.4 is 5.32 Å². The zero-order valence-corrected chi connectivity index (χ0v) is 19.7. The van der Waals surface area contributed by atoms with Crippen molar-refractivity contribution in [1.29, 1.82) is 0 Å². The highest BCUT2D eigenvalue weighted by Gasteiger charge is 2.66. The maximum absolute atomic E-state index is 12.9. The summed E-state index contributed by atoms with van der Waals surface area (Å²) in [7, 11) is 0. The van der Waals surface area contributed by atoms with Gasteiger partial charge in [0, 0.05) is 19.8 Å². The normalized spacial score (nSPS) is 34.3. The summed E-state index contributed by atoms with van der Waals surface area (Å²) in [4.78, 5) is 39.7. The zero-order valence-electron chi connectivity index (χ0n) is 14.2. The van der Waals surface area contributed by atoms with Crippen molar-refractivity contribution >= 4 is 82.8 Å². The van der Waals surface area contributed by atoms with Crippen LogP contribution in [-0.4, -0.2) is 38.8 Å². The van der Waals surface area contributed by atoms with Gasteiger partial charge in [0.05, 0.1) is 16.9 Å². The molecule has 1 heterocycles. The van der Waals surface area contributed by atoms with Crippen LogP contribution in [0.3, 0.4) is 0 Å². The third-order valence-electron chi connectivity index (χ3n) is 5.99. The van der Waals surface area contributed by atoms with Gasteiger partial charge in [0.15, 0.2) is 0 Å². The van der Waals surface area contributed by atoms with E-state index in [1.165, 1.54) is 0 Å². The number of alkyl halides is 2. The van der Waals surface area contributed by atoms with Gasteiger partial charge in [0.25, 0.3) is 0 Å². The monoisotopic (exact) mass is 580 g/mol. The molecule has 27 heavy (non-hydrogen) atoms. The van der Waals surface area contributed by atoms with E-state index in [4.69, 9.17) is 11.6 Å². The molecule has 3 aliphatic rings. The molecular weight excluding hydrogens is 567 g/mol. The number of fused-ring (bicyclic) bond motifs is 5. The topological polar surface area (TPSA) is 66.5 Å². The van der Waals surface area contributed by atoms with Crippen LogP contribution in [0.5, 0.6) is 0 Å². The van der Waals surface area contributed by atoms with Crippen LogP contribution >= 0.6 is 59.4 Å². The van der Waals surface area contributed by atoms with Gasteiger partial charge in [-0.3, -0.25) is 19.3 Å². The van der Waals surface area contributed by atoms with E-state index in [1.54, 1.807) is 19.1 Å². The first-order valence-electron chi connectivity index (χ1n) is 8.60. The summed E-state index contributed by atoms with van der Waals surface area (Å²) in [6, 6.07) is 3.47. The number of benzene rings is 1. The van der Waals surface area contributed by atoms with E-state index in [0.717, 1.165) is 21.4 Å². The number of anilines is 1. The lowest BCUT2D eigenvalue weighted by atomic mass is 9.81. The fourth-order valence-corrected chi connectivity index (χ4v) is 7.15. The Morgan fingerprint density at radius 2 is 1.74 bits per heavy atom. The van der Waals surface area contributed by atoms with Crippen molar-refractivity contribution in [2.75, 3.05) is 11.9 Å². The minimum Gasteiger partial charge on any atom is -0.324 e. The average Bonchev–Trinajstić information content (AvgIpc) is 3.23. The first-order chi connectivity index (χ1) is 12.7. The summed E-state index contributed by atoms with van der Waals surface area (Å²) in [5, 5.41) is 3.27. The van der Waals surface area contributed by atoms with E-state index in [-0.39, 0.29) is 51.7 Å². The number of amides is 3. The predicted molar refractivity (Wildman–Crippen MR) is 113 cm³/mol.